The van der Waals surface area contributed by atoms with Crippen molar-refractivity contribution in [1.29, 1.82) is 0 Å². The summed E-state index contributed by atoms with van der Waals surface area (Å²) in [5.74, 6) is -0.868. The van der Waals surface area contributed by atoms with Gasteiger partial charge in [0.15, 0.2) is 0 Å². The highest BCUT2D eigenvalue weighted by Crippen LogP contribution is 2.34. The lowest BCUT2D eigenvalue weighted by Gasteiger charge is -2.24. The second-order valence-corrected chi connectivity index (χ2v) is 8.28. The maximum absolute atomic E-state index is 12.9. The number of halogens is 2. The summed E-state index contributed by atoms with van der Waals surface area (Å²) >= 11 is 13.7. The molecule has 1 fully saturated rings. The molecule has 1 N–H and O–H groups in total. The predicted octanol–water partition coefficient (Wildman–Crippen LogP) is 3.48. The number of carbonyl (C=O) groups excluding carboxylic acids is 3. The minimum atomic E-state index is -1.36. The zero-order chi connectivity index (χ0) is 19.8. The molecule has 1 aromatic carbocycles. The highest BCUT2D eigenvalue weighted by Gasteiger charge is 2.50. The smallest absolute Gasteiger partial charge is 0.325 e. The van der Waals surface area contributed by atoms with Crippen molar-refractivity contribution in [2.24, 2.45) is 0 Å². The Morgan fingerprint density at radius 3 is 2.67 bits per heavy atom. The van der Waals surface area contributed by atoms with E-state index >= 15 is 0 Å². The van der Waals surface area contributed by atoms with E-state index in [1.807, 2.05) is 17.5 Å². The molecule has 1 aliphatic heterocycles. The fraction of sp³-hybridized carbons (Fsp3) is 0.278. The summed E-state index contributed by atoms with van der Waals surface area (Å²) in [6.07, 6.45) is 0. The molecule has 1 unspecified atom stereocenters. The number of thiophene rings is 1. The molecule has 0 bridgehead atoms. The van der Waals surface area contributed by atoms with Gasteiger partial charge >= 0.3 is 6.03 Å². The highest BCUT2D eigenvalue weighted by atomic mass is 35.5. The lowest BCUT2D eigenvalue weighted by atomic mass is 9.92. The summed E-state index contributed by atoms with van der Waals surface area (Å²) in [4.78, 5) is 41.2. The van der Waals surface area contributed by atoms with Crippen LogP contribution in [0.15, 0.2) is 35.7 Å². The van der Waals surface area contributed by atoms with E-state index in [9.17, 15) is 14.4 Å². The van der Waals surface area contributed by atoms with Gasteiger partial charge < -0.3 is 10.2 Å². The SMILES string of the molecule is CN(Cc1cccs1)C(=O)CN1C(=O)NC(C)(c2ccc(Cl)cc2Cl)C1=O. The summed E-state index contributed by atoms with van der Waals surface area (Å²) < 4.78 is 0. The Hall–Kier alpha value is -2.09. The predicted molar refractivity (Wildman–Crippen MR) is 105 cm³/mol. The zero-order valence-corrected chi connectivity index (χ0v) is 17.0. The molecule has 4 amide bonds. The Balaban J connectivity index is 1.76. The number of likely N-dealkylation sites (N-methyl/N-ethyl adjacent to an activating group) is 1. The minimum Gasteiger partial charge on any atom is -0.339 e. The molecule has 0 aliphatic carbocycles. The molecule has 0 radical (unpaired) electrons. The molecule has 142 valence electrons. The number of imide groups is 1. The van der Waals surface area contributed by atoms with Crippen LogP contribution >= 0.6 is 34.5 Å². The van der Waals surface area contributed by atoms with Crippen molar-refractivity contribution in [3.05, 3.63) is 56.2 Å². The molecule has 27 heavy (non-hydrogen) atoms. The number of urea groups is 1. The summed E-state index contributed by atoms with van der Waals surface area (Å²) in [7, 11) is 1.63. The molecule has 6 nitrogen and oxygen atoms in total. The van der Waals surface area contributed by atoms with E-state index in [-0.39, 0.29) is 17.5 Å². The average Bonchev–Trinajstić information content (AvgIpc) is 3.17. The molecule has 1 saturated heterocycles. The Bertz CT molecular complexity index is 903. The number of hydrogen-bond donors (Lipinski definition) is 1. The van der Waals surface area contributed by atoms with Crippen LogP contribution in [0.5, 0.6) is 0 Å². The van der Waals surface area contributed by atoms with Crippen LogP contribution in [0.3, 0.4) is 0 Å². The second kappa shape index (κ2) is 7.50. The number of nitrogens with one attached hydrogen (secondary N) is 1. The Kier molecular flexibility index (Phi) is 5.46. The van der Waals surface area contributed by atoms with Crippen molar-refractivity contribution < 1.29 is 14.4 Å². The number of rotatable bonds is 5. The minimum absolute atomic E-state index is 0.265. The highest BCUT2D eigenvalue weighted by molar-refractivity contribution is 7.09. The summed E-state index contributed by atoms with van der Waals surface area (Å²) in [6, 6.07) is 7.88. The number of hydrogen-bond acceptors (Lipinski definition) is 4. The van der Waals surface area contributed by atoms with Gasteiger partial charge in [-0.25, -0.2) is 4.79 Å². The first-order valence-corrected chi connectivity index (χ1v) is 9.72. The van der Waals surface area contributed by atoms with Gasteiger partial charge in [-0.05, 0) is 30.5 Å². The normalized spacial score (nSPS) is 19.3. The van der Waals surface area contributed by atoms with Crippen LogP contribution in [0.2, 0.25) is 10.0 Å². The van der Waals surface area contributed by atoms with E-state index in [1.54, 1.807) is 26.1 Å². The molecular weight excluding hydrogens is 409 g/mol. The topological polar surface area (TPSA) is 69.7 Å². The van der Waals surface area contributed by atoms with Crippen LogP contribution in [-0.4, -0.2) is 41.2 Å². The molecule has 1 aromatic heterocycles. The molecule has 9 heteroatoms. The van der Waals surface area contributed by atoms with Gasteiger partial charge in [0.05, 0.1) is 6.54 Å². The van der Waals surface area contributed by atoms with E-state index in [0.717, 1.165) is 9.78 Å². The maximum Gasteiger partial charge on any atom is 0.325 e. The molecule has 3 rings (SSSR count). The lowest BCUT2D eigenvalue weighted by molar-refractivity contribution is -0.138. The van der Waals surface area contributed by atoms with Crippen LogP contribution in [-0.2, 0) is 21.7 Å². The number of amides is 4. The third-order valence-corrected chi connectivity index (χ3v) is 5.85. The number of benzene rings is 1. The third kappa shape index (κ3) is 3.81. The lowest BCUT2D eigenvalue weighted by Crippen LogP contribution is -2.43. The largest absolute Gasteiger partial charge is 0.339 e. The van der Waals surface area contributed by atoms with Gasteiger partial charge in [-0.15, -0.1) is 11.3 Å². The van der Waals surface area contributed by atoms with E-state index in [0.29, 0.717) is 17.1 Å². The first kappa shape index (κ1) is 19.7. The van der Waals surface area contributed by atoms with Gasteiger partial charge in [-0.1, -0.05) is 35.3 Å². The van der Waals surface area contributed by atoms with Gasteiger partial charge in [0, 0.05) is 27.5 Å². The van der Waals surface area contributed by atoms with Crippen LogP contribution < -0.4 is 5.32 Å². The molecule has 1 aliphatic rings. The van der Waals surface area contributed by atoms with Gasteiger partial charge in [0.1, 0.15) is 12.1 Å². The monoisotopic (exact) mass is 425 g/mol. The zero-order valence-electron chi connectivity index (χ0n) is 14.7. The van der Waals surface area contributed by atoms with Crippen LogP contribution in [0.4, 0.5) is 4.79 Å². The van der Waals surface area contributed by atoms with Crippen molar-refractivity contribution in [1.82, 2.24) is 15.1 Å². The van der Waals surface area contributed by atoms with Crippen molar-refractivity contribution in [3.63, 3.8) is 0 Å². The second-order valence-electron chi connectivity index (χ2n) is 6.40. The van der Waals surface area contributed by atoms with Gasteiger partial charge in [0.25, 0.3) is 5.91 Å². The molecule has 0 saturated carbocycles. The summed E-state index contributed by atoms with van der Waals surface area (Å²) in [5.41, 5.74) is -0.931. The van der Waals surface area contributed by atoms with Crippen molar-refractivity contribution in [2.75, 3.05) is 13.6 Å². The fourth-order valence-corrected chi connectivity index (χ4v) is 4.25. The Morgan fingerprint density at radius 2 is 2.04 bits per heavy atom. The van der Waals surface area contributed by atoms with Crippen molar-refractivity contribution in [3.8, 4) is 0 Å². The fourth-order valence-electron chi connectivity index (χ4n) is 2.90. The summed E-state index contributed by atoms with van der Waals surface area (Å²) in [6.45, 7) is 1.63. The van der Waals surface area contributed by atoms with E-state index in [2.05, 4.69) is 5.32 Å². The first-order valence-electron chi connectivity index (χ1n) is 8.08. The molecule has 2 aromatic rings. The number of carbonyl (C=O) groups is 3. The average molecular weight is 426 g/mol. The van der Waals surface area contributed by atoms with E-state index in [1.165, 1.54) is 22.3 Å². The van der Waals surface area contributed by atoms with Gasteiger partial charge in [-0.3, -0.25) is 14.5 Å². The standard InChI is InChI=1S/C18H17Cl2N3O3S/c1-18(13-6-5-11(19)8-14(13)20)16(25)23(17(26)21-18)10-15(24)22(2)9-12-4-3-7-27-12/h3-8H,9-10H2,1-2H3,(H,21,26). The van der Waals surface area contributed by atoms with E-state index in [4.69, 9.17) is 23.2 Å². The summed E-state index contributed by atoms with van der Waals surface area (Å²) in [5, 5.41) is 5.25. The van der Waals surface area contributed by atoms with Crippen LogP contribution in [0, 0.1) is 0 Å². The van der Waals surface area contributed by atoms with Crippen molar-refractivity contribution >= 4 is 52.4 Å². The van der Waals surface area contributed by atoms with Crippen LogP contribution in [0.25, 0.3) is 0 Å². The molecular formula is C18H17Cl2N3O3S. The molecule has 2 heterocycles. The number of nitrogens with zero attached hydrogens (tertiary/aromatic N) is 2. The van der Waals surface area contributed by atoms with E-state index < -0.39 is 17.5 Å². The third-order valence-electron chi connectivity index (χ3n) is 4.44. The van der Waals surface area contributed by atoms with Crippen LogP contribution in [0.1, 0.15) is 17.4 Å². The Labute approximate surface area is 170 Å². The quantitative estimate of drug-likeness (QED) is 0.745. The maximum atomic E-state index is 12.9. The van der Waals surface area contributed by atoms with Gasteiger partial charge in [0.2, 0.25) is 5.91 Å². The van der Waals surface area contributed by atoms with Crippen molar-refractivity contribution in [2.45, 2.75) is 19.0 Å². The first-order chi connectivity index (χ1) is 12.7. The molecule has 1 atom stereocenters. The Morgan fingerprint density at radius 1 is 1.30 bits per heavy atom. The molecule has 0 spiro atoms. The van der Waals surface area contributed by atoms with Gasteiger partial charge in [-0.2, -0.15) is 0 Å².